The first-order chi connectivity index (χ1) is 12.0. The van der Waals surface area contributed by atoms with E-state index in [0.29, 0.717) is 11.4 Å². The number of ether oxygens (including phenoxy) is 1. The minimum atomic E-state index is -3.56. The quantitative estimate of drug-likeness (QED) is 0.722. The van der Waals surface area contributed by atoms with Gasteiger partial charge in [-0.15, -0.1) is 0 Å². The fourth-order valence-corrected chi connectivity index (χ4v) is 4.07. The van der Waals surface area contributed by atoms with Crippen molar-refractivity contribution in [3.8, 4) is 5.75 Å². The molecule has 0 aromatic heterocycles. The van der Waals surface area contributed by atoms with E-state index >= 15 is 0 Å². The first kappa shape index (κ1) is 19.2. The zero-order valence-electron chi connectivity index (χ0n) is 14.5. The molecule has 0 atom stereocenters. The van der Waals surface area contributed by atoms with Crippen LogP contribution in [0.2, 0.25) is 0 Å². The molecule has 1 amide bonds. The maximum absolute atomic E-state index is 13.0. The first-order valence-corrected chi connectivity index (χ1v) is 9.52. The molecule has 0 heterocycles. The zero-order chi connectivity index (χ0) is 18.3. The topological polar surface area (TPSA) is 73.9 Å². The predicted molar refractivity (Wildman–Crippen MR) is 97.9 cm³/mol. The molecule has 0 aliphatic rings. The second-order valence-electron chi connectivity index (χ2n) is 5.03. The van der Waals surface area contributed by atoms with Crippen LogP contribution in [0.25, 0.3) is 0 Å². The Morgan fingerprint density at radius 3 is 2.16 bits per heavy atom. The second kappa shape index (κ2) is 8.81. The molecule has 6 nitrogen and oxygen atoms in total. The molecule has 1 N–H and O–H groups in total. The third kappa shape index (κ3) is 4.69. The molecular formula is C18H22NO5P. The van der Waals surface area contributed by atoms with Gasteiger partial charge in [0.2, 0.25) is 0 Å². The van der Waals surface area contributed by atoms with Crippen LogP contribution in [-0.2, 0) is 13.6 Å². The van der Waals surface area contributed by atoms with Gasteiger partial charge in [0.15, 0.2) is 0 Å². The van der Waals surface area contributed by atoms with Crippen LogP contribution < -0.4 is 15.4 Å². The lowest BCUT2D eigenvalue weighted by atomic mass is 10.2. The fraction of sp³-hybridized carbons (Fsp3) is 0.278. The molecule has 2 aromatic rings. The van der Waals surface area contributed by atoms with Crippen molar-refractivity contribution < 1.29 is 23.1 Å². The molecule has 7 heteroatoms. The average Bonchev–Trinajstić information content (AvgIpc) is 2.63. The van der Waals surface area contributed by atoms with Gasteiger partial charge in [0.25, 0.3) is 5.91 Å². The summed E-state index contributed by atoms with van der Waals surface area (Å²) in [6, 6.07) is 13.5. The SMILES string of the molecule is CCOP(=O)(OCC)c1ccccc1C(=O)Nc1ccc(OC)cc1. The Morgan fingerprint density at radius 1 is 1.00 bits per heavy atom. The van der Waals surface area contributed by atoms with Gasteiger partial charge in [0, 0.05) is 5.69 Å². The Labute approximate surface area is 147 Å². The van der Waals surface area contributed by atoms with Crippen molar-refractivity contribution in [1.29, 1.82) is 0 Å². The van der Waals surface area contributed by atoms with Crippen LogP contribution in [0.4, 0.5) is 5.69 Å². The molecule has 0 aliphatic heterocycles. The number of hydrogen-bond acceptors (Lipinski definition) is 5. The Kier molecular flexibility index (Phi) is 6.76. The van der Waals surface area contributed by atoms with Gasteiger partial charge < -0.3 is 19.1 Å². The number of carbonyl (C=O) groups excluding carboxylic acids is 1. The van der Waals surface area contributed by atoms with E-state index in [-0.39, 0.29) is 30.0 Å². The third-order valence-corrected chi connectivity index (χ3v) is 5.57. The van der Waals surface area contributed by atoms with Crippen molar-refractivity contribution in [2.45, 2.75) is 13.8 Å². The van der Waals surface area contributed by atoms with Crippen molar-refractivity contribution in [2.75, 3.05) is 25.6 Å². The highest BCUT2D eigenvalue weighted by Gasteiger charge is 2.31. The van der Waals surface area contributed by atoms with Crippen LogP contribution in [0.3, 0.4) is 0 Å². The van der Waals surface area contributed by atoms with E-state index in [0.717, 1.165) is 0 Å². The van der Waals surface area contributed by atoms with Gasteiger partial charge in [-0.05, 0) is 50.2 Å². The number of anilines is 1. The van der Waals surface area contributed by atoms with Crippen LogP contribution in [0.5, 0.6) is 5.75 Å². The number of benzene rings is 2. The molecule has 2 rings (SSSR count). The zero-order valence-corrected chi connectivity index (χ0v) is 15.4. The van der Waals surface area contributed by atoms with E-state index in [4.69, 9.17) is 13.8 Å². The highest BCUT2D eigenvalue weighted by atomic mass is 31.2. The number of hydrogen-bond donors (Lipinski definition) is 1. The normalized spacial score (nSPS) is 11.2. The van der Waals surface area contributed by atoms with Gasteiger partial charge in [-0.25, -0.2) is 0 Å². The minimum absolute atomic E-state index is 0.214. The molecule has 2 aromatic carbocycles. The number of carbonyl (C=O) groups is 1. The number of methoxy groups -OCH3 is 1. The molecule has 0 fully saturated rings. The summed E-state index contributed by atoms with van der Waals surface area (Å²) in [6.45, 7) is 3.88. The monoisotopic (exact) mass is 363 g/mol. The summed E-state index contributed by atoms with van der Waals surface area (Å²) in [5, 5.41) is 3.03. The molecule has 0 spiro atoms. The average molecular weight is 363 g/mol. The summed E-state index contributed by atoms with van der Waals surface area (Å²) in [4.78, 5) is 12.7. The van der Waals surface area contributed by atoms with E-state index in [1.807, 2.05) is 0 Å². The molecule has 134 valence electrons. The van der Waals surface area contributed by atoms with Gasteiger partial charge in [0.05, 0.1) is 31.2 Å². The molecule has 0 bridgehead atoms. The number of nitrogens with one attached hydrogen (secondary N) is 1. The summed E-state index contributed by atoms with van der Waals surface area (Å²) in [6.07, 6.45) is 0. The van der Waals surface area contributed by atoms with Crippen molar-refractivity contribution in [1.82, 2.24) is 0 Å². The van der Waals surface area contributed by atoms with Crippen molar-refractivity contribution >= 4 is 24.5 Å². The van der Waals surface area contributed by atoms with Crippen LogP contribution in [0.15, 0.2) is 48.5 Å². The Hall–Kier alpha value is -2.14. The second-order valence-corrected chi connectivity index (χ2v) is 7.03. The van der Waals surface area contributed by atoms with E-state index in [1.165, 1.54) is 0 Å². The Bertz CT molecular complexity index is 750. The van der Waals surface area contributed by atoms with Crippen LogP contribution >= 0.6 is 7.60 Å². The van der Waals surface area contributed by atoms with Crippen molar-refractivity contribution in [2.24, 2.45) is 0 Å². The highest BCUT2D eigenvalue weighted by molar-refractivity contribution is 7.62. The smallest absolute Gasteiger partial charge is 0.362 e. The fourth-order valence-electron chi connectivity index (χ4n) is 2.29. The highest BCUT2D eigenvalue weighted by Crippen LogP contribution is 2.47. The van der Waals surface area contributed by atoms with Gasteiger partial charge in [-0.2, -0.15) is 0 Å². The van der Waals surface area contributed by atoms with Gasteiger partial charge in [-0.1, -0.05) is 12.1 Å². The van der Waals surface area contributed by atoms with Gasteiger partial charge >= 0.3 is 7.60 Å². The first-order valence-electron chi connectivity index (χ1n) is 7.98. The lowest BCUT2D eigenvalue weighted by Gasteiger charge is -2.19. The molecular weight excluding hydrogens is 341 g/mol. The summed E-state index contributed by atoms with van der Waals surface area (Å²) in [5.41, 5.74) is 0.854. The predicted octanol–water partition coefficient (Wildman–Crippen LogP) is 3.84. The Morgan fingerprint density at radius 2 is 1.60 bits per heavy atom. The maximum atomic E-state index is 13.0. The van der Waals surface area contributed by atoms with E-state index in [9.17, 15) is 9.36 Å². The molecule has 0 saturated carbocycles. The standard InChI is InChI=1S/C18H22NO5P/c1-4-23-25(21,24-5-2)17-9-7-6-8-16(17)18(20)19-14-10-12-15(22-3)13-11-14/h6-13H,4-5H2,1-3H3,(H,19,20). The van der Waals surface area contributed by atoms with Crippen molar-refractivity contribution in [3.05, 3.63) is 54.1 Å². The van der Waals surface area contributed by atoms with Gasteiger partial charge in [-0.3, -0.25) is 9.36 Å². The number of amides is 1. The molecule has 25 heavy (non-hydrogen) atoms. The largest absolute Gasteiger partial charge is 0.497 e. The van der Waals surface area contributed by atoms with E-state index < -0.39 is 7.60 Å². The van der Waals surface area contributed by atoms with E-state index in [2.05, 4.69) is 5.32 Å². The van der Waals surface area contributed by atoms with E-state index in [1.54, 1.807) is 69.5 Å². The van der Waals surface area contributed by atoms with Crippen LogP contribution in [0.1, 0.15) is 24.2 Å². The van der Waals surface area contributed by atoms with Crippen molar-refractivity contribution in [3.63, 3.8) is 0 Å². The summed E-state index contributed by atoms with van der Waals surface area (Å²) in [5.74, 6) is 0.302. The third-order valence-electron chi connectivity index (χ3n) is 3.39. The lowest BCUT2D eigenvalue weighted by Crippen LogP contribution is -2.23. The lowest BCUT2D eigenvalue weighted by molar-refractivity contribution is 0.102. The summed E-state index contributed by atoms with van der Waals surface area (Å²) >= 11 is 0. The van der Waals surface area contributed by atoms with Gasteiger partial charge in [0.1, 0.15) is 5.75 Å². The minimum Gasteiger partial charge on any atom is -0.497 e. The van der Waals surface area contributed by atoms with Crippen LogP contribution in [-0.4, -0.2) is 26.2 Å². The Balaban J connectivity index is 2.32. The summed E-state index contributed by atoms with van der Waals surface area (Å²) < 4.78 is 28.9. The van der Waals surface area contributed by atoms with Crippen LogP contribution in [0, 0.1) is 0 Å². The molecule has 0 saturated heterocycles. The summed E-state index contributed by atoms with van der Waals surface area (Å²) in [7, 11) is -1.99. The molecule has 0 radical (unpaired) electrons. The molecule has 0 unspecified atom stereocenters. The maximum Gasteiger partial charge on any atom is 0.362 e. The number of rotatable bonds is 8. The molecule has 0 aliphatic carbocycles.